The van der Waals surface area contributed by atoms with Crippen molar-refractivity contribution in [2.45, 2.75) is 30.7 Å². The molecule has 37 heavy (non-hydrogen) atoms. The lowest BCUT2D eigenvalue weighted by Gasteiger charge is -2.34. The summed E-state index contributed by atoms with van der Waals surface area (Å²) in [5.74, 6) is 1.00. The molecule has 2 atom stereocenters. The van der Waals surface area contributed by atoms with Crippen LogP contribution in [0.25, 0.3) is 0 Å². The van der Waals surface area contributed by atoms with E-state index in [2.05, 4.69) is 17.4 Å². The van der Waals surface area contributed by atoms with Gasteiger partial charge in [-0.2, -0.15) is 0 Å². The van der Waals surface area contributed by atoms with Crippen molar-refractivity contribution in [1.29, 1.82) is 5.41 Å². The molecule has 0 bridgehead atoms. The molecule has 6 rings (SSSR count). The first-order valence-electron chi connectivity index (χ1n) is 13.2. The molecule has 2 amide bonds. The van der Waals surface area contributed by atoms with Gasteiger partial charge in [-0.1, -0.05) is 91.0 Å². The predicted octanol–water partition coefficient (Wildman–Crippen LogP) is 4.34. The molecule has 0 unspecified atom stereocenters. The molecule has 1 aliphatic carbocycles. The monoisotopic (exact) mass is 492 g/mol. The fourth-order valence-electron chi connectivity index (χ4n) is 6.08. The second-order valence-corrected chi connectivity index (χ2v) is 10.5. The highest BCUT2D eigenvalue weighted by Crippen LogP contribution is 2.48. The first-order valence-corrected chi connectivity index (χ1v) is 13.2. The van der Waals surface area contributed by atoms with Crippen LogP contribution in [0.15, 0.2) is 91.0 Å². The smallest absolute Gasteiger partial charge is 0.264 e. The number of guanidine groups is 1. The van der Waals surface area contributed by atoms with Crippen molar-refractivity contribution < 1.29 is 9.59 Å². The fraction of sp³-hybridized carbons (Fsp3) is 0.323. The third kappa shape index (κ3) is 4.20. The molecule has 2 aliphatic heterocycles. The Morgan fingerprint density at radius 1 is 0.865 bits per heavy atom. The first kappa shape index (κ1) is 23.5. The van der Waals surface area contributed by atoms with Gasteiger partial charge in [0.15, 0.2) is 11.5 Å². The standard InChI is InChI=1S/C31H32N4O2/c32-30-33-31(24-12-6-2-7-13-24,25-14-8-3-9-15-25)29(37)35(30)21-22-16-18-34(19-17-22)28(36)27-20-26(27)23-10-4-1-5-11-23/h1-15,22,26-27H,16-21H2,(H2,32,33)/t26-,27+/m0/s1. The van der Waals surface area contributed by atoms with Gasteiger partial charge in [-0.15, -0.1) is 0 Å². The lowest BCUT2D eigenvalue weighted by molar-refractivity contribution is -0.135. The minimum Gasteiger partial charge on any atom is -0.342 e. The quantitative estimate of drug-likeness (QED) is 0.538. The van der Waals surface area contributed by atoms with Gasteiger partial charge in [-0.25, -0.2) is 0 Å². The number of likely N-dealkylation sites (tertiary alicyclic amines) is 1. The average molecular weight is 493 g/mol. The lowest BCUT2D eigenvalue weighted by atomic mass is 9.82. The minimum absolute atomic E-state index is 0.105. The summed E-state index contributed by atoms with van der Waals surface area (Å²) in [5, 5.41) is 12.0. The van der Waals surface area contributed by atoms with Crippen LogP contribution in [0.3, 0.4) is 0 Å². The van der Waals surface area contributed by atoms with Gasteiger partial charge in [0.1, 0.15) is 0 Å². The summed E-state index contributed by atoms with van der Waals surface area (Å²) in [6, 6.07) is 29.7. The number of piperidine rings is 1. The van der Waals surface area contributed by atoms with E-state index in [4.69, 9.17) is 5.41 Å². The van der Waals surface area contributed by atoms with Gasteiger partial charge in [0.25, 0.3) is 5.91 Å². The molecule has 0 radical (unpaired) electrons. The van der Waals surface area contributed by atoms with E-state index in [0.717, 1.165) is 30.4 Å². The number of rotatable bonds is 6. The second-order valence-electron chi connectivity index (χ2n) is 10.5. The summed E-state index contributed by atoms with van der Waals surface area (Å²) in [4.78, 5) is 30.7. The van der Waals surface area contributed by atoms with Crippen LogP contribution in [0.2, 0.25) is 0 Å². The Bertz CT molecular complexity index is 1250. The normalized spacial score (nSPS) is 23.1. The molecule has 188 valence electrons. The number of nitrogens with zero attached hydrogens (tertiary/aromatic N) is 2. The van der Waals surface area contributed by atoms with Crippen LogP contribution in [-0.2, 0) is 15.1 Å². The molecule has 0 aromatic heterocycles. The van der Waals surface area contributed by atoms with E-state index in [1.54, 1.807) is 4.90 Å². The molecule has 2 saturated heterocycles. The highest BCUT2D eigenvalue weighted by molar-refractivity contribution is 6.10. The van der Waals surface area contributed by atoms with Crippen molar-refractivity contribution in [3.8, 4) is 0 Å². The van der Waals surface area contributed by atoms with Crippen LogP contribution >= 0.6 is 0 Å². The van der Waals surface area contributed by atoms with Crippen molar-refractivity contribution in [2.75, 3.05) is 19.6 Å². The Hall–Kier alpha value is -3.93. The van der Waals surface area contributed by atoms with Crippen molar-refractivity contribution in [3.63, 3.8) is 0 Å². The zero-order valence-electron chi connectivity index (χ0n) is 20.8. The maximum absolute atomic E-state index is 14.0. The Morgan fingerprint density at radius 2 is 1.41 bits per heavy atom. The Balaban J connectivity index is 1.12. The number of hydrogen-bond acceptors (Lipinski definition) is 3. The van der Waals surface area contributed by atoms with Crippen molar-refractivity contribution in [3.05, 3.63) is 108 Å². The van der Waals surface area contributed by atoms with E-state index >= 15 is 0 Å². The third-order valence-electron chi connectivity index (χ3n) is 8.26. The number of amides is 2. The second kappa shape index (κ2) is 9.51. The largest absolute Gasteiger partial charge is 0.342 e. The topological polar surface area (TPSA) is 76.5 Å². The molecular weight excluding hydrogens is 460 g/mol. The van der Waals surface area contributed by atoms with Crippen LogP contribution in [0.5, 0.6) is 0 Å². The molecule has 3 aromatic rings. The van der Waals surface area contributed by atoms with Gasteiger partial charge in [-0.3, -0.25) is 19.9 Å². The highest BCUT2D eigenvalue weighted by atomic mass is 16.2. The van der Waals surface area contributed by atoms with Crippen LogP contribution in [0.4, 0.5) is 0 Å². The highest BCUT2D eigenvalue weighted by Gasteiger charge is 2.52. The summed E-state index contributed by atoms with van der Waals surface area (Å²) < 4.78 is 0. The average Bonchev–Trinajstić information content (AvgIpc) is 3.72. The van der Waals surface area contributed by atoms with E-state index in [9.17, 15) is 9.59 Å². The Kier molecular flexibility index (Phi) is 6.03. The molecule has 6 nitrogen and oxygen atoms in total. The molecule has 6 heteroatoms. The van der Waals surface area contributed by atoms with Gasteiger partial charge in [0.05, 0.1) is 0 Å². The van der Waals surface area contributed by atoms with Gasteiger partial charge in [-0.05, 0) is 47.8 Å². The lowest BCUT2D eigenvalue weighted by Crippen LogP contribution is -2.46. The minimum atomic E-state index is -1.10. The number of hydrogen-bond donors (Lipinski definition) is 2. The summed E-state index contributed by atoms with van der Waals surface area (Å²) >= 11 is 0. The van der Waals surface area contributed by atoms with Crippen LogP contribution in [0.1, 0.15) is 41.9 Å². The molecule has 2 N–H and O–H groups in total. The van der Waals surface area contributed by atoms with Gasteiger partial charge in [0, 0.05) is 25.6 Å². The number of carbonyl (C=O) groups excluding carboxylic acids is 2. The summed E-state index contributed by atoms with van der Waals surface area (Å²) in [7, 11) is 0. The van der Waals surface area contributed by atoms with E-state index in [0.29, 0.717) is 25.6 Å². The summed E-state index contributed by atoms with van der Waals surface area (Å²) in [5.41, 5.74) is 1.82. The zero-order chi connectivity index (χ0) is 25.4. The number of benzene rings is 3. The number of nitrogens with one attached hydrogen (secondary N) is 2. The third-order valence-corrected chi connectivity index (χ3v) is 8.26. The fourth-order valence-corrected chi connectivity index (χ4v) is 6.08. The Morgan fingerprint density at radius 3 is 1.97 bits per heavy atom. The van der Waals surface area contributed by atoms with Crippen LogP contribution in [0, 0.1) is 17.2 Å². The first-order chi connectivity index (χ1) is 18.1. The van der Waals surface area contributed by atoms with Gasteiger partial charge in [0.2, 0.25) is 5.91 Å². The van der Waals surface area contributed by atoms with E-state index < -0.39 is 5.54 Å². The molecule has 3 aliphatic rings. The van der Waals surface area contributed by atoms with Crippen LogP contribution < -0.4 is 5.32 Å². The molecule has 2 heterocycles. The zero-order valence-corrected chi connectivity index (χ0v) is 20.8. The molecular formula is C31H32N4O2. The number of carbonyl (C=O) groups is 2. The SMILES string of the molecule is N=C1NC(c2ccccc2)(c2ccccc2)C(=O)N1CC1CCN(C(=O)[C@@H]2C[C@H]2c2ccccc2)CC1. The van der Waals surface area contributed by atoms with Gasteiger partial charge >= 0.3 is 0 Å². The van der Waals surface area contributed by atoms with E-state index in [-0.39, 0.29) is 29.6 Å². The maximum Gasteiger partial charge on any atom is 0.264 e. The molecule has 3 aromatic carbocycles. The maximum atomic E-state index is 14.0. The molecule has 0 spiro atoms. The molecule has 3 fully saturated rings. The predicted molar refractivity (Wildman–Crippen MR) is 143 cm³/mol. The van der Waals surface area contributed by atoms with E-state index in [1.165, 1.54) is 5.56 Å². The summed E-state index contributed by atoms with van der Waals surface area (Å²) in [6.07, 6.45) is 2.62. The van der Waals surface area contributed by atoms with Crippen molar-refractivity contribution in [2.24, 2.45) is 11.8 Å². The molecule has 1 saturated carbocycles. The van der Waals surface area contributed by atoms with E-state index in [1.807, 2.05) is 83.8 Å². The van der Waals surface area contributed by atoms with Crippen molar-refractivity contribution in [1.82, 2.24) is 15.1 Å². The summed E-state index contributed by atoms with van der Waals surface area (Å²) in [6.45, 7) is 1.92. The van der Waals surface area contributed by atoms with Crippen LogP contribution in [-0.4, -0.2) is 47.2 Å². The van der Waals surface area contributed by atoms with Gasteiger partial charge < -0.3 is 10.2 Å². The van der Waals surface area contributed by atoms with Crippen molar-refractivity contribution >= 4 is 17.8 Å². The Labute approximate surface area is 217 Å².